The molecule has 0 spiro atoms. The van der Waals surface area contributed by atoms with Gasteiger partial charge < -0.3 is 30.3 Å². The van der Waals surface area contributed by atoms with Crippen LogP contribution in [0.1, 0.15) is 34.6 Å². The van der Waals surface area contributed by atoms with Gasteiger partial charge >= 0.3 is 12.2 Å². The van der Waals surface area contributed by atoms with Crippen molar-refractivity contribution in [2.24, 2.45) is 0 Å². The molecule has 2 aromatic rings. The predicted molar refractivity (Wildman–Crippen MR) is 136 cm³/mol. The van der Waals surface area contributed by atoms with Crippen LogP contribution >= 0.6 is 0 Å². The Kier molecular flexibility index (Phi) is 8.13. The third-order valence-corrected chi connectivity index (χ3v) is 6.58. The van der Waals surface area contributed by atoms with E-state index in [0.29, 0.717) is 19.1 Å². The zero-order valence-electron chi connectivity index (χ0n) is 20.8. The number of ether oxygens (including phenoxy) is 2. The molecule has 3 atom stereocenters. The van der Waals surface area contributed by atoms with Gasteiger partial charge in [0.15, 0.2) is 0 Å². The predicted octanol–water partition coefficient (Wildman–Crippen LogP) is 3.44. The van der Waals surface area contributed by atoms with E-state index in [1.165, 1.54) is 34.4 Å². The Morgan fingerprint density at radius 2 is 1.49 bits per heavy atom. The van der Waals surface area contributed by atoms with Crippen molar-refractivity contribution in [1.82, 2.24) is 15.5 Å². The summed E-state index contributed by atoms with van der Waals surface area (Å²) < 4.78 is 9.76. The fourth-order valence-electron chi connectivity index (χ4n) is 4.62. The molecular formula is C27H36N4O4. The van der Waals surface area contributed by atoms with Crippen molar-refractivity contribution in [3.8, 4) is 0 Å². The lowest BCUT2D eigenvalue weighted by molar-refractivity contribution is 0.176. The number of benzene rings is 2. The maximum Gasteiger partial charge on any atom is 0.407 e. The molecule has 1 unspecified atom stereocenters. The molecule has 2 saturated heterocycles. The second kappa shape index (κ2) is 11.4. The molecule has 5 rings (SSSR count). The van der Waals surface area contributed by atoms with Crippen LogP contribution in [0.25, 0.3) is 0 Å². The van der Waals surface area contributed by atoms with Gasteiger partial charge in [0.05, 0.1) is 12.1 Å². The summed E-state index contributed by atoms with van der Waals surface area (Å²) in [6.07, 6.45) is 2.24. The van der Waals surface area contributed by atoms with E-state index in [1.54, 1.807) is 0 Å². The number of aryl methyl sites for hydroxylation is 1. The molecule has 0 aliphatic carbocycles. The SMILES string of the molecule is CN(C)CCC1CNc2ccc(C[C@H]3COC(=O)N3)cc21.Cc1ccc(C[C@H]2COC(=O)N2)cc1. The smallest absolute Gasteiger partial charge is 0.407 e. The number of rotatable bonds is 7. The van der Waals surface area contributed by atoms with Gasteiger partial charge in [0, 0.05) is 18.2 Å². The van der Waals surface area contributed by atoms with Crippen LogP contribution in [-0.2, 0) is 22.3 Å². The van der Waals surface area contributed by atoms with Crippen LogP contribution in [0, 0.1) is 6.92 Å². The number of cyclic esters (lactones) is 2. The van der Waals surface area contributed by atoms with E-state index in [9.17, 15) is 9.59 Å². The first kappa shape index (κ1) is 24.9. The lowest BCUT2D eigenvalue weighted by atomic mass is 9.94. The summed E-state index contributed by atoms with van der Waals surface area (Å²) in [5, 5.41) is 9.08. The van der Waals surface area contributed by atoms with Crippen molar-refractivity contribution >= 4 is 17.9 Å². The molecule has 35 heavy (non-hydrogen) atoms. The van der Waals surface area contributed by atoms with Crippen molar-refractivity contribution < 1.29 is 19.1 Å². The minimum Gasteiger partial charge on any atom is -0.447 e. The third kappa shape index (κ3) is 7.11. The number of hydrogen-bond donors (Lipinski definition) is 3. The molecule has 8 nitrogen and oxygen atoms in total. The van der Waals surface area contributed by atoms with E-state index >= 15 is 0 Å². The third-order valence-electron chi connectivity index (χ3n) is 6.58. The summed E-state index contributed by atoms with van der Waals surface area (Å²) in [4.78, 5) is 24.1. The van der Waals surface area contributed by atoms with E-state index in [1.807, 2.05) is 0 Å². The van der Waals surface area contributed by atoms with Crippen LogP contribution in [0.5, 0.6) is 0 Å². The van der Waals surface area contributed by atoms with Crippen molar-refractivity contribution in [2.45, 2.75) is 44.2 Å². The van der Waals surface area contributed by atoms with E-state index < -0.39 is 0 Å². The first-order valence-electron chi connectivity index (χ1n) is 12.3. The number of alkyl carbamates (subject to hydrolysis) is 2. The second-order valence-corrected chi connectivity index (χ2v) is 9.86. The molecule has 2 aromatic carbocycles. The molecule has 3 aliphatic rings. The summed E-state index contributed by atoms with van der Waals surface area (Å²) in [7, 11) is 4.23. The maximum absolute atomic E-state index is 11.1. The van der Waals surface area contributed by atoms with Crippen molar-refractivity contribution in [2.75, 3.05) is 45.7 Å². The summed E-state index contributed by atoms with van der Waals surface area (Å²) in [6, 6.07) is 15.2. The number of nitrogens with zero attached hydrogens (tertiary/aromatic N) is 1. The van der Waals surface area contributed by atoms with Crippen LogP contribution in [0.2, 0.25) is 0 Å². The zero-order chi connectivity index (χ0) is 24.8. The number of nitrogens with one attached hydrogen (secondary N) is 3. The van der Waals surface area contributed by atoms with Gasteiger partial charge in [-0.15, -0.1) is 0 Å². The monoisotopic (exact) mass is 480 g/mol. The molecule has 3 heterocycles. The van der Waals surface area contributed by atoms with Crippen LogP contribution < -0.4 is 16.0 Å². The van der Waals surface area contributed by atoms with E-state index in [0.717, 1.165) is 25.9 Å². The van der Waals surface area contributed by atoms with Crippen LogP contribution in [0.15, 0.2) is 42.5 Å². The average molecular weight is 481 g/mol. The highest BCUT2D eigenvalue weighted by Crippen LogP contribution is 2.34. The van der Waals surface area contributed by atoms with Gasteiger partial charge in [-0.2, -0.15) is 0 Å². The van der Waals surface area contributed by atoms with E-state index in [-0.39, 0.29) is 24.3 Å². The van der Waals surface area contributed by atoms with Gasteiger partial charge in [-0.3, -0.25) is 0 Å². The average Bonchev–Trinajstić information content (AvgIpc) is 3.54. The number of carbonyl (C=O) groups is 2. The molecule has 3 aliphatic heterocycles. The molecule has 3 N–H and O–H groups in total. The van der Waals surface area contributed by atoms with Crippen molar-refractivity contribution in [3.05, 3.63) is 64.7 Å². The first-order valence-corrected chi connectivity index (χ1v) is 12.3. The van der Waals surface area contributed by atoms with Crippen LogP contribution in [0.3, 0.4) is 0 Å². The fraction of sp³-hybridized carbons (Fsp3) is 0.481. The Labute approximate surface area is 207 Å². The Morgan fingerprint density at radius 3 is 2.06 bits per heavy atom. The Morgan fingerprint density at radius 1 is 0.886 bits per heavy atom. The van der Waals surface area contributed by atoms with Crippen molar-refractivity contribution in [3.63, 3.8) is 0 Å². The molecule has 0 radical (unpaired) electrons. The number of fused-ring (bicyclic) bond motifs is 1. The van der Waals surface area contributed by atoms with Crippen LogP contribution in [0.4, 0.5) is 15.3 Å². The molecule has 2 amide bonds. The van der Waals surface area contributed by atoms with E-state index in [2.05, 4.69) is 84.3 Å². The van der Waals surface area contributed by atoms with Crippen molar-refractivity contribution in [1.29, 1.82) is 0 Å². The van der Waals surface area contributed by atoms with Crippen LogP contribution in [-0.4, -0.2) is 69.6 Å². The molecule has 0 bridgehead atoms. The molecule has 0 saturated carbocycles. The maximum atomic E-state index is 11.1. The lowest BCUT2D eigenvalue weighted by Crippen LogP contribution is -2.28. The minimum absolute atomic E-state index is 0.102. The summed E-state index contributed by atoms with van der Waals surface area (Å²) in [5.74, 6) is 0.580. The topological polar surface area (TPSA) is 91.9 Å². The highest BCUT2D eigenvalue weighted by Gasteiger charge is 2.25. The number of hydrogen-bond acceptors (Lipinski definition) is 6. The normalized spacial score (nSPS) is 22.3. The van der Waals surface area contributed by atoms with Gasteiger partial charge in [0.25, 0.3) is 0 Å². The van der Waals surface area contributed by atoms with Gasteiger partial charge in [0.1, 0.15) is 13.2 Å². The summed E-state index contributed by atoms with van der Waals surface area (Å²) >= 11 is 0. The standard InChI is InChI=1S/C16H23N3O2.C11H13NO2/c1-19(2)6-5-12-9-17-15-4-3-11(8-14(12)15)7-13-10-21-16(20)18-13;1-8-2-4-9(5-3-8)6-10-7-14-11(13)12-10/h3-4,8,12-13,17H,5-7,9-10H2,1-2H3,(H,18,20);2-5,10H,6-7H2,1H3,(H,12,13)/t12?,13-;10-/m00/s1. The fourth-order valence-corrected chi connectivity index (χ4v) is 4.62. The van der Waals surface area contributed by atoms with Gasteiger partial charge in [0.2, 0.25) is 0 Å². The van der Waals surface area contributed by atoms with Gasteiger partial charge in [-0.1, -0.05) is 42.0 Å². The second-order valence-electron chi connectivity index (χ2n) is 9.86. The number of carbonyl (C=O) groups excluding carboxylic acids is 2. The Hall–Kier alpha value is -3.26. The lowest BCUT2D eigenvalue weighted by Gasteiger charge is -2.15. The van der Waals surface area contributed by atoms with Gasteiger partial charge in [-0.25, -0.2) is 9.59 Å². The Bertz CT molecular complexity index is 1020. The van der Waals surface area contributed by atoms with E-state index in [4.69, 9.17) is 9.47 Å². The molecule has 188 valence electrons. The zero-order valence-corrected chi connectivity index (χ0v) is 20.8. The highest BCUT2D eigenvalue weighted by molar-refractivity contribution is 5.70. The van der Waals surface area contributed by atoms with Gasteiger partial charge in [-0.05, 0) is 69.6 Å². The quantitative estimate of drug-likeness (QED) is 0.562. The molecule has 2 fully saturated rings. The molecule has 8 heteroatoms. The Balaban J connectivity index is 0.000000179. The number of anilines is 1. The molecular weight excluding hydrogens is 444 g/mol. The highest BCUT2D eigenvalue weighted by atomic mass is 16.6. The number of amides is 2. The summed E-state index contributed by atoms with van der Waals surface area (Å²) in [5.41, 5.74) is 6.42. The summed E-state index contributed by atoms with van der Waals surface area (Å²) in [6.45, 7) is 5.13. The largest absolute Gasteiger partial charge is 0.447 e. The minimum atomic E-state index is -0.304. The first-order chi connectivity index (χ1) is 16.9. The molecule has 0 aromatic heterocycles.